The quantitative estimate of drug-likeness (QED) is 0.572. The number of alkyl halides is 1. The second kappa shape index (κ2) is 6.71. The van der Waals surface area contributed by atoms with Gasteiger partial charge in [-0.15, -0.1) is 11.6 Å². The maximum Gasteiger partial charge on any atom is 0.135 e. The van der Waals surface area contributed by atoms with Gasteiger partial charge in [0.1, 0.15) is 5.75 Å². The van der Waals surface area contributed by atoms with Crippen molar-refractivity contribution in [3.63, 3.8) is 0 Å². The van der Waals surface area contributed by atoms with E-state index in [1.165, 1.54) is 12.8 Å². The highest BCUT2D eigenvalue weighted by Crippen LogP contribution is 2.28. The Kier molecular flexibility index (Phi) is 4.96. The number of hydrogen-bond acceptors (Lipinski definition) is 1. The summed E-state index contributed by atoms with van der Waals surface area (Å²) in [5.74, 6) is 8.04. The van der Waals surface area contributed by atoms with Crippen LogP contribution >= 0.6 is 11.6 Å². The molecule has 0 aromatic heterocycles. The van der Waals surface area contributed by atoms with Crippen molar-refractivity contribution in [2.45, 2.75) is 38.7 Å². The first-order valence-electron chi connectivity index (χ1n) is 6.60. The third kappa shape index (κ3) is 3.68. The molecule has 2 heteroatoms. The fourth-order valence-corrected chi connectivity index (χ4v) is 2.40. The van der Waals surface area contributed by atoms with Crippen molar-refractivity contribution in [1.82, 2.24) is 0 Å². The minimum absolute atomic E-state index is 0.347. The Balaban J connectivity index is 2.04. The highest BCUT2D eigenvalue weighted by atomic mass is 35.5. The third-order valence-electron chi connectivity index (χ3n) is 3.43. The largest absolute Gasteiger partial charge is 0.489 e. The summed E-state index contributed by atoms with van der Waals surface area (Å²) >= 11 is 5.60. The van der Waals surface area contributed by atoms with Crippen LogP contribution in [0.15, 0.2) is 24.3 Å². The Hall–Kier alpha value is -1.13. The van der Waals surface area contributed by atoms with Crippen molar-refractivity contribution in [1.29, 1.82) is 0 Å². The summed E-state index contributed by atoms with van der Waals surface area (Å²) in [7, 11) is 0. The fraction of sp³-hybridized carbons (Fsp3) is 0.500. The lowest BCUT2D eigenvalue weighted by Crippen LogP contribution is -2.23. The summed E-state index contributed by atoms with van der Waals surface area (Å²) in [5, 5.41) is 0. The first-order valence-corrected chi connectivity index (χ1v) is 7.13. The molecule has 0 bridgehead atoms. The van der Waals surface area contributed by atoms with Gasteiger partial charge in [0.2, 0.25) is 0 Å². The van der Waals surface area contributed by atoms with Gasteiger partial charge in [-0.3, -0.25) is 0 Å². The van der Waals surface area contributed by atoms with Gasteiger partial charge in [-0.2, -0.15) is 0 Å². The molecule has 0 unspecified atom stereocenters. The summed E-state index contributed by atoms with van der Waals surface area (Å²) in [5.41, 5.74) is 0.941. The molecule has 18 heavy (non-hydrogen) atoms. The number of ether oxygens (including phenoxy) is 1. The maximum absolute atomic E-state index is 6.09. The van der Waals surface area contributed by atoms with Crippen LogP contribution in [0.1, 0.15) is 38.2 Å². The van der Waals surface area contributed by atoms with Crippen molar-refractivity contribution in [3.8, 4) is 17.6 Å². The zero-order valence-corrected chi connectivity index (χ0v) is 11.5. The van der Waals surface area contributed by atoms with Gasteiger partial charge < -0.3 is 4.74 Å². The molecule has 1 fully saturated rings. The van der Waals surface area contributed by atoms with E-state index in [0.29, 0.717) is 12.0 Å². The van der Waals surface area contributed by atoms with Crippen LogP contribution in [0.4, 0.5) is 0 Å². The average molecular weight is 263 g/mol. The molecule has 1 aliphatic rings. The van der Waals surface area contributed by atoms with Crippen molar-refractivity contribution in [2.75, 3.05) is 5.88 Å². The Morgan fingerprint density at radius 1 is 1.22 bits per heavy atom. The van der Waals surface area contributed by atoms with E-state index >= 15 is 0 Å². The third-order valence-corrected chi connectivity index (χ3v) is 3.57. The molecule has 1 aromatic carbocycles. The first kappa shape index (κ1) is 13.3. The Bertz CT molecular complexity index is 436. The highest BCUT2D eigenvalue weighted by Gasteiger charge is 2.20. The van der Waals surface area contributed by atoms with Crippen LogP contribution < -0.4 is 4.74 Å². The van der Waals surface area contributed by atoms with Crippen molar-refractivity contribution < 1.29 is 4.74 Å². The lowest BCUT2D eigenvalue weighted by molar-refractivity contribution is 0.135. The molecular weight excluding hydrogens is 244 g/mol. The minimum Gasteiger partial charge on any atom is -0.489 e. The van der Waals surface area contributed by atoms with Gasteiger partial charge in [0.15, 0.2) is 0 Å². The van der Waals surface area contributed by atoms with Crippen molar-refractivity contribution in [3.05, 3.63) is 29.8 Å². The number of hydrogen-bond donors (Lipinski definition) is 0. The molecule has 0 heterocycles. The van der Waals surface area contributed by atoms with Gasteiger partial charge in [-0.1, -0.05) is 30.9 Å². The summed E-state index contributed by atoms with van der Waals surface area (Å²) in [6.07, 6.45) is 5.18. The highest BCUT2D eigenvalue weighted by molar-refractivity contribution is 6.19. The zero-order valence-electron chi connectivity index (χ0n) is 10.8. The van der Waals surface area contributed by atoms with Crippen LogP contribution in [-0.2, 0) is 0 Å². The normalized spacial score (nSPS) is 23.0. The minimum atomic E-state index is 0.347. The second-order valence-electron chi connectivity index (χ2n) is 4.93. The summed E-state index contributed by atoms with van der Waals surface area (Å²) < 4.78 is 6.09. The van der Waals surface area contributed by atoms with E-state index < -0.39 is 0 Å². The van der Waals surface area contributed by atoms with Crippen LogP contribution in [0.5, 0.6) is 5.75 Å². The van der Waals surface area contributed by atoms with Crippen LogP contribution in [0.2, 0.25) is 0 Å². The molecular formula is C16H19ClO. The first-order chi connectivity index (χ1) is 8.79. The lowest BCUT2D eigenvalue weighted by atomic mass is 9.89. The molecule has 0 N–H and O–H groups in total. The Morgan fingerprint density at radius 3 is 2.67 bits per heavy atom. The van der Waals surface area contributed by atoms with Gasteiger partial charge >= 0.3 is 0 Å². The fourth-order valence-electron chi connectivity index (χ4n) is 2.33. The van der Waals surface area contributed by atoms with E-state index in [1.54, 1.807) is 0 Å². The molecule has 2 rings (SSSR count). The molecule has 1 nitrogen and oxygen atoms in total. The molecule has 96 valence electrons. The number of benzene rings is 1. The van der Waals surface area contributed by atoms with E-state index in [0.717, 1.165) is 30.1 Å². The predicted octanol–water partition coefficient (Wildman–Crippen LogP) is 4.23. The number of rotatable bonds is 2. The maximum atomic E-state index is 6.09. The Morgan fingerprint density at radius 2 is 1.94 bits per heavy atom. The second-order valence-corrected chi connectivity index (χ2v) is 5.20. The van der Waals surface area contributed by atoms with E-state index in [4.69, 9.17) is 16.3 Å². The SMILES string of the molecule is CC1CCC(Oc2ccccc2C#CCCl)CC1. The number of para-hydroxylation sites is 1. The topological polar surface area (TPSA) is 9.23 Å². The molecule has 0 spiro atoms. The van der Waals surface area contributed by atoms with Crippen molar-refractivity contribution >= 4 is 11.6 Å². The number of halogens is 1. The molecule has 0 saturated heterocycles. The molecule has 0 atom stereocenters. The lowest BCUT2D eigenvalue weighted by Gasteiger charge is -2.27. The Labute approximate surface area is 114 Å². The van der Waals surface area contributed by atoms with E-state index in [-0.39, 0.29) is 0 Å². The van der Waals surface area contributed by atoms with Crippen LogP contribution in [0.25, 0.3) is 0 Å². The molecule has 1 aliphatic carbocycles. The summed E-state index contributed by atoms with van der Waals surface area (Å²) in [6.45, 7) is 2.32. The predicted molar refractivity (Wildman–Crippen MR) is 76.1 cm³/mol. The molecule has 0 amide bonds. The molecule has 1 saturated carbocycles. The van der Waals surface area contributed by atoms with Gasteiger partial charge in [0, 0.05) is 0 Å². The van der Waals surface area contributed by atoms with Crippen molar-refractivity contribution in [2.24, 2.45) is 5.92 Å². The van der Waals surface area contributed by atoms with E-state index in [2.05, 4.69) is 18.8 Å². The molecule has 0 aliphatic heterocycles. The van der Waals surface area contributed by atoms with Gasteiger partial charge in [-0.05, 0) is 43.7 Å². The average Bonchev–Trinajstić information content (AvgIpc) is 2.40. The van der Waals surface area contributed by atoms with Crippen LogP contribution in [-0.4, -0.2) is 12.0 Å². The molecule has 1 aromatic rings. The standard InChI is InChI=1S/C16H19ClO/c1-13-8-10-15(11-9-13)18-16-7-3-2-5-14(16)6-4-12-17/h2-3,5,7,13,15H,8-12H2,1H3. The summed E-state index contributed by atoms with van der Waals surface area (Å²) in [6, 6.07) is 7.96. The van der Waals surface area contributed by atoms with E-state index in [1.807, 2.05) is 24.3 Å². The van der Waals surface area contributed by atoms with Crippen LogP contribution in [0.3, 0.4) is 0 Å². The van der Waals surface area contributed by atoms with Gasteiger partial charge in [-0.25, -0.2) is 0 Å². The van der Waals surface area contributed by atoms with Gasteiger partial charge in [0.25, 0.3) is 0 Å². The van der Waals surface area contributed by atoms with Gasteiger partial charge in [0.05, 0.1) is 17.5 Å². The summed E-state index contributed by atoms with van der Waals surface area (Å²) in [4.78, 5) is 0. The monoisotopic (exact) mass is 262 g/mol. The zero-order chi connectivity index (χ0) is 12.8. The smallest absolute Gasteiger partial charge is 0.135 e. The van der Waals surface area contributed by atoms with Crippen LogP contribution in [0, 0.1) is 17.8 Å². The van der Waals surface area contributed by atoms with E-state index in [9.17, 15) is 0 Å². The molecule has 0 radical (unpaired) electrons.